The summed E-state index contributed by atoms with van der Waals surface area (Å²) in [5, 5.41) is 28.5. The molecule has 2 amide bonds. The van der Waals surface area contributed by atoms with Crippen LogP contribution in [0, 0.1) is 35.5 Å². The molecule has 2 N–H and O–H groups in total. The van der Waals surface area contributed by atoms with Crippen molar-refractivity contribution in [1.82, 2.24) is 30.4 Å². The Labute approximate surface area is 261 Å². The molecule has 2 heterocycles. The zero-order valence-electron chi connectivity index (χ0n) is 26.9. The number of aryl methyl sites for hydroxylation is 1. The molecule has 4 atom stereocenters. The van der Waals surface area contributed by atoms with Crippen molar-refractivity contribution in [3.05, 3.63) is 40.7 Å². The Kier molecular flexibility index (Phi) is 8.49. The number of hydrogen-bond acceptors (Lipinski definition) is 6. The molecule has 236 valence electrons. The molecule has 0 spiro atoms. The number of carbonyl (C=O) groups excluding carboxylic acids is 2. The highest BCUT2D eigenvalue weighted by atomic mass is 35.5. The van der Waals surface area contributed by atoms with E-state index in [1.807, 2.05) is 56.4 Å². The summed E-state index contributed by atoms with van der Waals surface area (Å²) in [6, 6.07) is 6.71. The van der Waals surface area contributed by atoms with Gasteiger partial charge >= 0.3 is 0 Å². The summed E-state index contributed by atoms with van der Waals surface area (Å²) in [5.74, 6) is 1.50. The van der Waals surface area contributed by atoms with Crippen LogP contribution in [0.1, 0.15) is 97.9 Å². The van der Waals surface area contributed by atoms with Gasteiger partial charge in [-0.1, -0.05) is 58.4 Å². The number of tetrazole rings is 1. The molecule has 2 aliphatic carbocycles. The van der Waals surface area contributed by atoms with Crippen LogP contribution in [-0.2, 0) is 20.7 Å². The molecule has 1 aromatic carbocycles. The molecule has 0 radical (unpaired) electrons. The van der Waals surface area contributed by atoms with E-state index in [1.54, 1.807) is 12.1 Å². The second-order valence-corrected chi connectivity index (χ2v) is 15.9. The van der Waals surface area contributed by atoms with E-state index >= 15 is 0 Å². The van der Waals surface area contributed by atoms with Crippen LogP contribution < -0.4 is 5.32 Å². The number of nitrogens with one attached hydrogen (secondary N) is 1. The van der Waals surface area contributed by atoms with Gasteiger partial charge in [-0.25, -0.2) is 0 Å². The van der Waals surface area contributed by atoms with Gasteiger partial charge in [0.25, 0.3) is 0 Å². The first kappa shape index (κ1) is 31.9. The lowest BCUT2D eigenvalue weighted by Gasteiger charge is -2.51. The average molecular weight is 613 g/mol. The zero-order valence-corrected chi connectivity index (χ0v) is 27.6. The van der Waals surface area contributed by atoms with E-state index in [9.17, 15) is 14.7 Å². The summed E-state index contributed by atoms with van der Waals surface area (Å²) in [4.78, 5) is 31.1. The van der Waals surface area contributed by atoms with E-state index in [-0.39, 0.29) is 28.7 Å². The van der Waals surface area contributed by atoms with Gasteiger partial charge < -0.3 is 15.3 Å². The summed E-state index contributed by atoms with van der Waals surface area (Å²) in [6.07, 6.45) is 5.92. The van der Waals surface area contributed by atoms with Crippen molar-refractivity contribution in [3.63, 3.8) is 0 Å². The van der Waals surface area contributed by atoms with E-state index in [0.717, 1.165) is 31.2 Å². The SMILES string of the molecule is Cc1nnn(C2(C)CC3CC(CC(C)(CC(=O)N[C@@H](C(=O)N4CC[C@](O)(c5ccc(Cl)cc5)C(C)(C)C4)C(C)C)C3)C2)n1. The second kappa shape index (κ2) is 11.4. The molecule has 1 aromatic heterocycles. The zero-order chi connectivity index (χ0) is 31.4. The van der Waals surface area contributed by atoms with Crippen LogP contribution in [0.15, 0.2) is 24.3 Å². The number of fused-ring (bicyclic) bond motifs is 2. The molecular formula is C33H49ClN6O3. The van der Waals surface area contributed by atoms with Crippen molar-refractivity contribution in [3.8, 4) is 0 Å². The predicted octanol–water partition coefficient (Wildman–Crippen LogP) is 5.24. The summed E-state index contributed by atoms with van der Waals surface area (Å²) in [5.41, 5.74) is -1.13. The number of aliphatic hydroxyl groups is 1. The first-order chi connectivity index (χ1) is 20.0. The van der Waals surface area contributed by atoms with E-state index in [1.165, 1.54) is 6.42 Å². The molecule has 3 aliphatic rings. The molecule has 9 nitrogen and oxygen atoms in total. The Hall–Kier alpha value is -2.52. The minimum absolute atomic E-state index is 0.0557. The first-order valence-electron chi connectivity index (χ1n) is 15.9. The minimum Gasteiger partial charge on any atom is -0.384 e. The summed E-state index contributed by atoms with van der Waals surface area (Å²) >= 11 is 6.09. The average Bonchev–Trinajstić information content (AvgIpc) is 3.35. The number of amides is 2. The monoisotopic (exact) mass is 612 g/mol. The molecule has 10 heteroatoms. The van der Waals surface area contributed by atoms with Gasteiger partial charge in [0.1, 0.15) is 6.04 Å². The molecule has 1 saturated heterocycles. The number of aromatic nitrogens is 4. The van der Waals surface area contributed by atoms with Gasteiger partial charge in [-0.05, 0) is 98.5 Å². The Bertz CT molecular complexity index is 1330. The van der Waals surface area contributed by atoms with Crippen molar-refractivity contribution < 1.29 is 14.7 Å². The van der Waals surface area contributed by atoms with E-state index in [2.05, 4.69) is 34.6 Å². The summed E-state index contributed by atoms with van der Waals surface area (Å²) < 4.78 is 0. The fraction of sp³-hybridized carbons (Fsp3) is 0.727. The van der Waals surface area contributed by atoms with Crippen molar-refractivity contribution in [2.75, 3.05) is 13.1 Å². The van der Waals surface area contributed by atoms with Crippen LogP contribution in [0.3, 0.4) is 0 Å². The summed E-state index contributed by atoms with van der Waals surface area (Å²) in [7, 11) is 0. The van der Waals surface area contributed by atoms with E-state index in [4.69, 9.17) is 11.6 Å². The third-order valence-corrected chi connectivity index (χ3v) is 10.9. The minimum atomic E-state index is -1.09. The maximum Gasteiger partial charge on any atom is 0.245 e. The van der Waals surface area contributed by atoms with Gasteiger partial charge in [-0.2, -0.15) is 4.80 Å². The van der Waals surface area contributed by atoms with E-state index < -0.39 is 17.1 Å². The maximum absolute atomic E-state index is 13.9. The molecule has 43 heavy (non-hydrogen) atoms. The predicted molar refractivity (Wildman–Crippen MR) is 166 cm³/mol. The van der Waals surface area contributed by atoms with Gasteiger partial charge in [0.05, 0.1) is 11.1 Å². The van der Waals surface area contributed by atoms with Gasteiger partial charge in [-0.3, -0.25) is 9.59 Å². The van der Waals surface area contributed by atoms with Crippen LogP contribution in [0.5, 0.6) is 0 Å². The largest absolute Gasteiger partial charge is 0.384 e. The number of halogens is 1. The molecule has 5 rings (SSSR count). The Morgan fingerprint density at radius 1 is 1.07 bits per heavy atom. The number of piperidine rings is 1. The van der Waals surface area contributed by atoms with Gasteiger partial charge in [0.15, 0.2) is 5.82 Å². The van der Waals surface area contributed by atoms with Gasteiger partial charge in [0, 0.05) is 29.9 Å². The van der Waals surface area contributed by atoms with Crippen LogP contribution in [0.4, 0.5) is 0 Å². The third-order valence-electron chi connectivity index (χ3n) is 10.6. The quantitative estimate of drug-likeness (QED) is 0.442. The molecule has 3 fully saturated rings. The van der Waals surface area contributed by atoms with Crippen LogP contribution >= 0.6 is 11.6 Å². The van der Waals surface area contributed by atoms with Crippen LogP contribution in [0.25, 0.3) is 0 Å². The number of rotatable bonds is 7. The number of carbonyl (C=O) groups is 2. The third kappa shape index (κ3) is 6.35. The molecule has 1 aliphatic heterocycles. The molecule has 2 aromatic rings. The Morgan fingerprint density at radius 3 is 2.23 bits per heavy atom. The lowest BCUT2D eigenvalue weighted by molar-refractivity contribution is -0.157. The number of hydrogen-bond donors (Lipinski definition) is 2. The topological polar surface area (TPSA) is 113 Å². The fourth-order valence-electron chi connectivity index (χ4n) is 8.67. The standard InChI is InChI=1S/C33H49ClN6O3/c1-21(2)28(29(42)39-13-12-33(43,30(4,5)20-39)25-8-10-26(34)11-9-25)35-27(41)19-31(6)15-23-14-24(16-31)18-32(7,17-23)40-37-22(3)36-38-40/h8-11,21,23-24,28,43H,12-20H2,1-7H3,(H,35,41)/t23?,24?,28-,31?,32?,33+/m1/s1. The Balaban J connectivity index is 1.22. The van der Waals surface area contributed by atoms with Crippen molar-refractivity contribution in [2.45, 2.75) is 111 Å². The fourth-order valence-corrected chi connectivity index (χ4v) is 8.79. The summed E-state index contributed by atoms with van der Waals surface area (Å²) in [6.45, 7) is 15.1. The smallest absolute Gasteiger partial charge is 0.245 e. The number of nitrogens with zero attached hydrogens (tertiary/aromatic N) is 5. The molecule has 2 unspecified atom stereocenters. The van der Waals surface area contributed by atoms with Crippen LogP contribution in [0.2, 0.25) is 5.02 Å². The second-order valence-electron chi connectivity index (χ2n) is 15.4. The molecular weight excluding hydrogens is 564 g/mol. The first-order valence-corrected chi connectivity index (χ1v) is 16.2. The number of benzene rings is 1. The highest BCUT2D eigenvalue weighted by Gasteiger charge is 2.51. The molecule has 2 bridgehead atoms. The van der Waals surface area contributed by atoms with E-state index in [0.29, 0.717) is 48.6 Å². The van der Waals surface area contributed by atoms with Gasteiger partial charge in [0.2, 0.25) is 11.8 Å². The maximum atomic E-state index is 13.9. The lowest BCUT2D eigenvalue weighted by atomic mass is 9.57. The lowest BCUT2D eigenvalue weighted by Crippen LogP contribution is -2.60. The number of likely N-dealkylation sites (tertiary alicyclic amines) is 1. The van der Waals surface area contributed by atoms with Gasteiger partial charge in [-0.15, -0.1) is 10.2 Å². The molecule has 2 saturated carbocycles. The highest BCUT2D eigenvalue weighted by Crippen LogP contribution is 2.54. The normalized spacial score (nSPS) is 32.8. The van der Waals surface area contributed by atoms with Crippen molar-refractivity contribution in [1.29, 1.82) is 0 Å². The highest BCUT2D eigenvalue weighted by molar-refractivity contribution is 6.30. The van der Waals surface area contributed by atoms with Crippen LogP contribution in [-0.4, -0.2) is 61.2 Å². The Morgan fingerprint density at radius 2 is 1.70 bits per heavy atom. The van der Waals surface area contributed by atoms with Crippen molar-refractivity contribution >= 4 is 23.4 Å². The van der Waals surface area contributed by atoms with Crippen molar-refractivity contribution in [2.24, 2.45) is 28.6 Å².